The molecule has 2 aromatic rings. The van der Waals surface area contributed by atoms with Crippen molar-refractivity contribution < 1.29 is 13.2 Å². The maximum Gasteiger partial charge on any atom is 0.211 e. The number of fused-ring (bicyclic) bond motifs is 1. The summed E-state index contributed by atoms with van der Waals surface area (Å²) in [4.78, 5) is 12.0. The third-order valence-corrected chi connectivity index (χ3v) is 5.32. The molecular weight excluding hydrogens is 310 g/mol. The maximum absolute atomic E-state index is 12.4. The lowest BCUT2D eigenvalue weighted by Gasteiger charge is -2.01. The van der Waals surface area contributed by atoms with Crippen molar-refractivity contribution in [3.05, 3.63) is 63.5 Å². The van der Waals surface area contributed by atoms with E-state index < -0.39 is 15.6 Å². The monoisotopic (exact) mass is 319 g/mol. The van der Waals surface area contributed by atoms with Crippen LogP contribution >= 0.6 is 11.6 Å². The SMILES string of the molecule is Nc1ccccc1C=C1C(=O)c2cc(Cl)ccc2S1(=O)=O. The van der Waals surface area contributed by atoms with E-state index in [2.05, 4.69) is 0 Å². The van der Waals surface area contributed by atoms with Crippen LogP contribution in [-0.2, 0) is 9.84 Å². The number of para-hydroxylation sites is 1. The molecule has 0 atom stereocenters. The average molecular weight is 320 g/mol. The first-order valence-corrected chi connectivity index (χ1v) is 7.93. The van der Waals surface area contributed by atoms with Crippen LogP contribution < -0.4 is 5.73 Å². The molecule has 2 aromatic carbocycles. The van der Waals surface area contributed by atoms with Crippen LogP contribution in [-0.4, -0.2) is 14.2 Å². The molecule has 106 valence electrons. The topological polar surface area (TPSA) is 77.2 Å². The fourth-order valence-corrected chi connectivity index (χ4v) is 3.95. The number of anilines is 1. The largest absolute Gasteiger partial charge is 0.398 e. The summed E-state index contributed by atoms with van der Waals surface area (Å²) in [5, 5.41) is 0.317. The summed E-state index contributed by atoms with van der Waals surface area (Å²) in [6.07, 6.45) is 1.31. The van der Waals surface area contributed by atoms with E-state index in [1.807, 2.05) is 0 Å². The molecule has 3 rings (SSSR count). The van der Waals surface area contributed by atoms with Gasteiger partial charge in [0.25, 0.3) is 0 Å². The van der Waals surface area contributed by atoms with E-state index >= 15 is 0 Å². The van der Waals surface area contributed by atoms with Gasteiger partial charge in [-0.2, -0.15) is 0 Å². The van der Waals surface area contributed by atoms with Crippen LogP contribution in [0.3, 0.4) is 0 Å². The zero-order chi connectivity index (χ0) is 15.2. The summed E-state index contributed by atoms with van der Waals surface area (Å²) < 4.78 is 24.9. The van der Waals surface area contributed by atoms with E-state index in [1.165, 1.54) is 24.3 Å². The average Bonchev–Trinajstić information content (AvgIpc) is 2.62. The molecule has 0 aliphatic carbocycles. The first kappa shape index (κ1) is 13.9. The number of halogens is 1. The van der Waals surface area contributed by atoms with Crippen LogP contribution in [0, 0.1) is 0 Å². The molecule has 4 nitrogen and oxygen atoms in total. The number of ketones is 1. The number of allylic oxidation sites excluding steroid dienone is 1. The Morgan fingerprint density at radius 3 is 2.52 bits per heavy atom. The first-order valence-electron chi connectivity index (χ1n) is 6.07. The van der Waals surface area contributed by atoms with E-state index in [0.29, 0.717) is 16.3 Å². The molecule has 0 spiro atoms. The molecule has 0 amide bonds. The molecule has 2 N–H and O–H groups in total. The van der Waals surface area contributed by atoms with Crippen molar-refractivity contribution in [2.45, 2.75) is 4.90 Å². The van der Waals surface area contributed by atoms with Crippen LogP contribution in [0.2, 0.25) is 5.02 Å². The summed E-state index contributed by atoms with van der Waals surface area (Å²) in [6.45, 7) is 0. The second kappa shape index (κ2) is 4.72. The van der Waals surface area contributed by atoms with Crippen molar-refractivity contribution >= 4 is 39.0 Å². The lowest BCUT2D eigenvalue weighted by molar-refractivity contribution is 0.104. The van der Waals surface area contributed by atoms with Crippen molar-refractivity contribution in [1.82, 2.24) is 0 Å². The van der Waals surface area contributed by atoms with Crippen molar-refractivity contribution in [3.63, 3.8) is 0 Å². The Morgan fingerprint density at radius 2 is 1.81 bits per heavy atom. The normalized spacial score (nSPS) is 18.0. The molecule has 1 aliphatic heterocycles. The van der Waals surface area contributed by atoms with Gasteiger partial charge in [-0.15, -0.1) is 0 Å². The summed E-state index contributed by atoms with van der Waals surface area (Å²) in [5.41, 5.74) is 6.78. The fraction of sp³-hybridized carbons (Fsp3) is 0. The number of Topliss-reactive ketones (excluding diaryl/α,β-unsaturated/α-hetero) is 1. The summed E-state index contributed by atoms with van der Waals surface area (Å²) in [7, 11) is -3.83. The number of nitrogens with two attached hydrogens (primary N) is 1. The van der Waals surface area contributed by atoms with Gasteiger partial charge < -0.3 is 5.73 Å². The number of carbonyl (C=O) groups is 1. The van der Waals surface area contributed by atoms with Gasteiger partial charge in [-0.3, -0.25) is 4.79 Å². The van der Waals surface area contributed by atoms with Gasteiger partial charge in [0.2, 0.25) is 15.6 Å². The van der Waals surface area contributed by atoms with E-state index in [4.69, 9.17) is 17.3 Å². The van der Waals surface area contributed by atoms with Crippen LogP contribution in [0.5, 0.6) is 0 Å². The van der Waals surface area contributed by atoms with Crippen molar-refractivity contribution in [2.75, 3.05) is 5.73 Å². The molecule has 0 radical (unpaired) electrons. The fourth-order valence-electron chi connectivity index (χ4n) is 2.21. The Kier molecular flexibility index (Phi) is 3.11. The van der Waals surface area contributed by atoms with E-state index in [9.17, 15) is 13.2 Å². The van der Waals surface area contributed by atoms with E-state index in [-0.39, 0.29) is 15.4 Å². The van der Waals surface area contributed by atoms with E-state index in [1.54, 1.807) is 24.3 Å². The van der Waals surface area contributed by atoms with Gasteiger partial charge in [-0.25, -0.2) is 8.42 Å². The van der Waals surface area contributed by atoms with Gasteiger partial charge >= 0.3 is 0 Å². The Balaban J connectivity index is 2.24. The van der Waals surface area contributed by atoms with Gasteiger partial charge in [0.1, 0.15) is 4.91 Å². The molecule has 0 aromatic heterocycles. The molecule has 0 saturated carbocycles. The predicted octanol–water partition coefficient (Wildman–Crippen LogP) is 2.93. The Labute approximate surface area is 126 Å². The van der Waals surface area contributed by atoms with Gasteiger partial charge in [0.15, 0.2) is 0 Å². The smallest absolute Gasteiger partial charge is 0.211 e. The van der Waals surface area contributed by atoms with Crippen LogP contribution in [0.25, 0.3) is 6.08 Å². The van der Waals surface area contributed by atoms with Gasteiger partial charge in [0, 0.05) is 16.3 Å². The Morgan fingerprint density at radius 1 is 1.10 bits per heavy atom. The van der Waals surface area contributed by atoms with Crippen LogP contribution in [0.1, 0.15) is 15.9 Å². The third kappa shape index (κ3) is 2.14. The standard InChI is InChI=1S/C15H10ClNO3S/c16-10-5-6-13-11(8-10)15(18)14(21(13,19)20)7-9-3-1-2-4-12(9)17/h1-8H,17H2. The highest BCUT2D eigenvalue weighted by atomic mass is 35.5. The van der Waals surface area contributed by atoms with Crippen molar-refractivity contribution in [1.29, 1.82) is 0 Å². The molecular formula is C15H10ClNO3S. The van der Waals surface area contributed by atoms with Crippen molar-refractivity contribution in [2.24, 2.45) is 0 Å². The molecule has 0 fully saturated rings. The Hall–Kier alpha value is -2.11. The minimum absolute atomic E-state index is 0.0161. The highest BCUT2D eigenvalue weighted by Gasteiger charge is 2.39. The summed E-state index contributed by atoms with van der Waals surface area (Å²) in [6, 6.07) is 10.9. The summed E-state index contributed by atoms with van der Waals surface area (Å²) >= 11 is 5.83. The molecule has 0 bridgehead atoms. The second-order valence-corrected chi connectivity index (χ2v) is 6.93. The van der Waals surface area contributed by atoms with Gasteiger partial charge in [0.05, 0.1) is 4.90 Å². The number of carbonyl (C=O) groups excluding carboxylic acids is 1. The van der Waals surface area contributed by atoms with E-state index in [0.717, 1.165) is 0 Å². The van der Waals surface area contributed by atoms with Crippen LogP contribution in [0.15, 0.2) is 52.3 Å². The highest BCUT2D eigenvalue weighted by Crippen LogP contribution is 2.36. The van der Waals surface area contributed by atoms with Gasteiger partial charge in [-0.05, 0) is 35.9 Å². The first-order chi connectivity index (χ1) is 9.91. The minimum Gasteiger partial charge on any atom is -0.398 e. The summed E-state index contributed by atoms with van der Waals surface area (Å²) in [5.74, 6) is -0.559. The highest BCUT2D eigenvalue weighted by molar-refractivity contribution is 7.97. The quantitative estimate of drug-likeness (QED) is 0.647. The van der Waals surface area contributed by atoms with Gasteiger partial charge in [-0.1, -0.05) is 29.8 Å². The lowest BCUT2D eigenvalue weighted by Crippen LogP contribution is -2.02. The molecule has 0 unspecified atom stereocenters. The molecule has 6 heteroatoms. The molecule has 0 saturated heterocycles. The number of sulfone groups is 1. The maximum atomic E-state index is 12.4. The second-order valence-electron chi connectivity index (χ2n) is 4.61. The minimum atomic E-state index is -3.83. The zero-order valence-electron chi connectivity index (χ0n) is 10.7. The zero-order valence-corrected chi connectivity index (χ0v) is 12.3. The number of benzene rings is 2. The number of hydrogen-bond acceptors (Lipinski definition) is 4. The number of hydrogen-bond donors (Lipinski definition) is 1. The molecule has 1 heterocycles. The third-order valence-electron chi connectivity index (χ3n) is 3.27. The van der Waals surface area contributed by atoms with Crippen molar-refractivity contribution in [3.8, 4) is 0 Å². The Bertz CT molecular complexity index is 901. The number of rotatable bonds is 1. The predicted molar refractivity (Wildman–Crippen MR) is 81.8 cm³/mol. The molecule has 21 heavy (non-hydrogen) atoms. The molecule has 1 aliphatic rings. The lowest BCUT2D eigenvalue weighted by atomic mass is 10.1. The van der Waals surface area contributed by atoms with Crippen LogP contribution in [0.4, 0.5) is 5.69 Å². The number of nitrogen functional groups attached to an aromatic ring is 1.